The summed E-state index contributed by atoms with van der Waals surface area (Å²) in [5, 5.41) is 10.4. The minimum atomic E-state index is -0.438. The van der Waals surface area contributed by atoms with Gasteiger partial charge in [-0.05, 0) is 30.9 Å². The molecule has 0 saturated heterocycles. The van der Waals surface area contributed by atoms with Crippen LogP contribution in [-0.2, 0) is 11.2 Å². The van der Waals surface area contributed by atoms with Crippen LogP contribution in [0.2, 0.25) is 0 Å². The molecule has 1 aromatic carbocycles. The summed E-state index contributed by atoms with van der Waals surface area (Å²) < 4.78 is 5.16. The number of aryl methyl sites for hydroxylation is 1. The van der Waals surface area contributed by atoms with E-state index < -0.39 is 6.10 Å². The molecule has 0 amide bonds. The van der Waals surface area contributed by atoms with E-state index in [1.807, 2.05) is 12.1 Å². The van der Waals surface area contributed by atoms with Gasteiger partial charge in [-0.15, -0.1) is 0 Å². The minimum absolute atomic E-state index is 0.438. The van der Waals surface area contributed by atoms with Crippen LogP contribution in [0, 0.1) is 0 Å². The summed E-state index contributed by atoms with van der Waals surface area (Å²) in [4.78, 5) is 2.29. The largest absolute Gasteiger partial charge is 0.387 e. The molecule has 0 radical (unpaired) electrons. The van der Waals surface area contributed by atoms with Gasteiger partial charge in [-0.25, -0.2) is 0 Å². The van der Waals surface area contributed by atoms with Gasteiger partial charge >= 0.3 is 0 Å². The molecule has 2 atom stereocenters. The molecule has 2 unspecified atom stereocenters. The third-order valence-corrected chi connectivity index (χ3v) is 3.98. The summed E-state index contributed by atoms with van der Waals surface area (Å²) >= 11 is 0. The first-order chi connectivity index (χ1) is 9.62. The Bertz CT molecular complexity index is 364. The molecule has 1 aromatic rings. The van der Waals surface area contributed by atoms with Gasteiger partial charge in [-0.2, -0.15) is 0 Å². The average Bonchev–Trinajstić information content (AvgIpc) is 2.50. The van der Waals surface area contributed by atoms with Crippen LogP contribution >= 0.6 is 0 Å². The van der Waals surface area contributed by atoms with Crippen LogP contribution in [0.3, 0.4) is 0 Å². The standard InChI is InChI=1S/C17H29NO2/c1-5-14(3)18(11-12-20-4)13-17(19)16-9-7-15(6-2)8-10-16/h7-10,14,17,19H,5-6,11-13H2,1-4H3. The van der Waals surface area contributed by atoms with Crippen molar-refractivity contribution in [3.8, 4) is 0 Å². The maximum Gasteiger partial charge on any atom is 0.0917 e. The number of ether oxygens (including phenoxy) is 1. The van der Waals surface area contributed by atoms with Gasteiger partial charge in [0.25, 0.3) is 0 Å². The Morgan fingerprint density at radius 3 is 2.35 bits per heavy atom. The highest BCUT2D eigenvalue weighted by atomic mass is 16.5. The second kappa shape index (κ2) is 9.11. The number of aliphatic hydroxyl groups is 1. The fourth-order valence-electron chi connectivity index (χ4n) is 2.26. The first-order valence-electron chi connectivity index (χ1n) is 7.62. The predicted molar refractivity (Wildman–Crippen MR) is 84.0 cm³/mol. The van der Waals surface area contributed by atoms with Gasteiger partial charge in [0.05, 0.1) is 12.7 Å². The van der Waals surface area contributed by atoms with Gasteiger partial charge < -0.3 is 9.84 Å². The lowest BCUT2D eigenvalue weighted by atomic mass is 10.0. The first-order valence-corrected chi connectivity index (χ1v) is 7.62. The Morgan fingerprint density at radius 2 is 1.85 bits per heavy atom. The van der Waals surface area contributed by atoms with Crippen molar-refractivity contribution >= 4 is 0 Å². The molecule has 0 aromatic heterocycles. The number of benzene rings is 1. The second-order valence-electron chi connectivity index (χ2n) is 5.36. The summed E-state index contributed by atoms with van der Waals surface area (Å²) in [6.07, 6.45) is 1.67. The fourth-order valence-corrected chi connectivity index (χ4v) is 2.26. The number of aliphatic hydroxyl groups excluding tert-OH is 1. The van der Waals surface area contributed by atoms with Gasteiger partial charge in [0.15, 0.2) is 0 Å². The number of nitrogens with zero attached hydrogens (tertiary/aromatic N) is 1. The zero-order valence-corrected chi connectivity index (χ0v) is 13.3. The predicted octanol–water partition coefficient (Wildman–Crippen LogP) is 3.03. The van der Waals surface area contributed by atoms with Crippen molar-refractivity contribution in [2.75, 3.05) is 26.8 Å². The first kappa shape index (κ1) is 17.2. The lowest BCUT2D eigenvalue weighted by molar-refractivity contribution is 0.0668. The number of rotatable bonds is 9. The summed E-state index contributed by atoms with van der Waals surface area (Å²) in [6.45, 7) is 8.72. The van der Waals surface area contributed by atoms with Gasteiger partial charge in [-0.3, -0.25) is 4.90 Å². The Morgan fingerprint density at radius 1 is 1.20 bits per heavy atom. The van der Waals surface area contributed by atoms with Crippen LogP contribution < -0.4 is 0 Å². The van der Waals surface area contributed by atoms with Crippen molar-refractivity contribution in [2.24, 2.45) is 0 Å². The molecule has 0 aliphatic rings. The molecule has 0 heterocycles. The molecular weight excluding hydrogens is 250 g/mol. The molecule has 3 nitrogen and oxygen atoms in total. The Kier molecular flexibility index (Phi) is 7.82. The number of hydrogen-bond donors (Lipinski definition) is 1. The van der Waals surface area contributed by atoms with Crippen LogP contribution in [0.25, 0.3) is 0 Å². The Labute approximate surface area is 123 Å². The molecule has 0 aliphatic heterocycles. The topological polar surface area (TPSA) is 32.7 Å². The second-order valence-corrected chi connectivity index (χ2v) is 5.36. The summed E-state index contributed by atoms with van der Waals surface area (Å²) in [7, 11) is 1.72. The average molecular weight is 279 g/mol. The van der Waals surface area contributed by atoms with Crippen molar-refractivity contribution < 1.29 is 9.84 Å². The van der Waals surface area contributed by atoms with Crippen molar-refractivity contribution in [2.45, 2.75) is 45.8 Å². The Hall–Kier alpha value is -0.900. The molecule has 3 heteroatoms. The highest BCUT2D eigenvalue weighted by Crippen LogP contribution is 2.17. The van der Waals surface area contributed by atoms with E-state index in [-0.39, 0.29) is 0 Å². The molecule has 0 saturated carbocycles. The van der Waals surface area contributed by atoms with Gasteiger partial charge in [0.1, 0.15) is 0 Å². The monoisotopic (exact) mass is 279 g/mol. The number of methoxy groups -OCH3 is 1. The van der Waals surface area contributed by atoms with Crippen LogP contribution in [-0.4, -0.2) is 42.9 Å². The summed E-state index contributed by atoms with van der Waals surface area (Å²) in [5.41, 5.74) is 2.30. The van der Waals surface area contributed by atoms with E-state index >= 15 is 0 Å². The fraction of sp³-hybridized carbons (Fsp3) is 0.647. The van der Waals surface area contributed by atoms with E-state index in [0.717, 1.165) is 24.9 Å². The minimum Gasteiger partial charge on any atom is -0.387 e. The van der Waals surface area contributed by atoms with Crippen LogP contribution in [0.4, 0.5) is 0 Å². The van der Waals surface area contributed by atoms with Crippen LogP contribution in [0.5, 0.6) is 0 Å². The van der Waals surface area contributed by atoms with E-state index in [1.165, 1.54) is 5.56 Å². The highest BCUT2D eigenvalue weighted by molar-refractivity contribution is 5.24. The molecule has 0 aliphatic carbocycles. The maximum atomic E-state index is 10.4. The van der Waals surface area contributed by atoms with Crippen LogP contribution in [0.15, 0.2) is 24.3 Å². The van der Waals surface area contributed by atoms with Gasteiger partial charge in [0, 0.05) is 26.2 Å². The third-order valence-electron chi connectivity index (χ3n) is 3.98. The smallest absolute Gasteiger partial charge is 0.0917 e. The molecule has 0 fully saturated rings. The van der Waals surface area contributed by atoms with E-state index in [1.54, 1.807) is 7.11 Å². The third kappa shape index (κ3) is 5.23. The van der Waals surface area contributed by atoms with Crippen molar-refractivity contribution in [1.29, 1.82) is 0 Å². The highest BCUT2D eigenvalue weighted by Gasteiger charge is 2.17. The summed E-state index contributed by atoms with van der Waals surface area (Å²) in [5.74, 6) is 0. The van der Waals surface area contributed by atoms with E-state index in [2.05, 4.69) is 37.8 Å². The molecular formula is C17H29NO2. The lowest BCUT2D eigenvalue weighted by Crippen LogP contribution is -2.38. The van der Waals surface area contributed by atoms with Gasteiger partial charge in [-0.1, -0.05) is 38.1 Å². The van der Waals surface area contributed by atoms with E-state index in [0.29, 0.717) is 19.2 Å². The van der Waals surface area contributed by atoms with E-state index in [9.17, 15) is 5.11 Å². The molecule has 1 N–H and O–H groups in total. The lowest BCUT2D eigenvalue weighted by Gasteiger charge is -2.30. The zero-order chi connectivity index (χ0) is 15.0. The molecule has 0 bridgehead atoms. The normalized spacial score (nSPS) is 14.5. The number of hydrogen-bond acceptors (Lipinski definition) is 3. The molecule has 0 spiro atoms. The SMILES string of the molecule is CCc1ccc(C(O)CN(CCOC)C(C)CC)cc1. The van der Waals surface area contributed by atoms with Crippen molar-refractivity contribution in [3.05, 3.63) is 35.4 Å². The quantitative estimate of drug-likeness (QED) is 0.754. The van der Waals surface area contributed by atoms with Crippen molar-refractivity contribution in [1.82, 2.24) is 4.90 Å². The van der Waals surface area contributed by atoms with Crippen molar-refractivity contribution in [3.63, 3.8) is 0 Å². The molecule has 114 valence electrons. The van der Waals surface area contributed by atoms with Crippen LogP contribution in [0.1, 0.15) is 44.4 Å². The van der Waals surface area contributed by atoms with Gasteiger partial charge in [0.2, 0.25) is 0 Å². The maximum absolute atomic E-state index is 10.4. The molecule has 20 heavy (non-hydrogen) atoms. The zero-order valence-electron chi connectivity index (χ0n) is 13.3. The molecule has 1 rings (SSSR count). The Balaban J connectivity index is 2.65. The van der Waals surface area contributed by atoms with E-state index in [4.69, 9.17) is 4.74 Å². The summed E-state index contributed by atoms with van der Waals surface area (Å²) in [6, 6.07) is 8.72.